The zero-order valence-electron chi connectivity index (χ0n) is 13.3. The van der Waals surface area contributed by atoms with E-state index in [4.69, 9.17) is 4.74 Å². The van der Waals surface area contributed by atoms with Crippen molar-refractivity contribution in [3.63, 3.8) is 0 Å². The van der Waals surface area contributed by atoms with Gasteiger partial charge in [0.25, 0.3) is 0 Å². The number of piperazine rings is 1. The predicted molar refractivity (Wildman–Crippen MR) is 76.9 cm³/mol. The molecule has 1 atom stereocenters. The number of aliphatic hydroxyl groups excluding tert-OH is 1. The summed E-state index contributed by atoms with van der Waals surface area (Å²) in [6.45, 7) is 8.70. The van der Waals surface area contributed by atoms with Crippen LogP contribution in [0.5, 0.6) is 0 Å². The lowest BCUT2D eigenvalue weighted by molar-refractivity contribution is -0.150. The van der Waals surface area contributed by atoms with Gasteiger partial charge in [0.15, 0.2) is 6.10 Å². The number of nitrogens with zero attached hydrogens (tertiary/aromatic N) is 2. The summed E-state index contributed by atoms with van der Waals surface area (Å²) >= 11 is 0. The molecule has 1 fully saturated rings. The largest absolute Gasteiger partial charge is 0.467 e. The third-order valence-corrected chi connectivity index (χ3v) is 3.22. The topological polar surface area (TPSA) is 79.3 Å². The lowest BCUT2D eigenvalue weighted by Gasteiger charge is -2.35. The molecular weight excluding hydrogens is 276 g/mol. The number of rotatable bonds is 4. The highest BCUT2D eigenvalue weighted by Gasteiger charge is 2.26. The number of ether oxygens (including phenoxy) is 2. The van der Waals surface area contributed by atoms with Crippen molar-refractivity contribution >= 4 is 12.1 Å². The van der Waals surface area contributed by atoms with Gasteiger partial charge in [-0.2, -0.15) is 0 Å². The molecule has 7 heteroatoms. The van der Waals surface area contributed by atoms with Crippen molar-refractivity contribution in [3.05, 3.63) is 0 Å². The van der Waals surface area contributed by atoms with Crippen LogP contribution >= 0.6 is 0 Å². The molecule has 0 radical (unpaired) electrons. The van der Waals surface area contributed by atoms with Crippen LogP contribution in [0.15, 0.2) is 0 Å². The molecule has 1 unspecified atom stereocenters. The summed E-state index contributed by atoms with van der Waals surface area (Å²) in [5.74, 6) is -0.609. The molecule has 1 aliphatic heterocycles. The summed E-state index contributed by atoms with van der Waals surface area (Å²) in [5.41, 5.74) is -0.487. The second kappa shape index (κ2) is 7.61. The van der Waals surface area contributed by atoms with Gasteiger partial charge >= 0.3 is 12.1 Å². The molecule has 0 bridgehead atoms. The van der Waals surface area contributed by atoms with Crippen LogP contribution in [0, 0.1) is 0 Å². The van der Waals surface area contributed by atoms with E-state index < -0.39 is 17.7 Å². The summed E-state index contributed by atoms with van der Waals surface area (Å²) < 4.78 is 9.79. The summed E-state index contributed by atoms with van der Waals surface area (Å²) in [7, 11) is 1.26. The Morgan fingerprint density at radius 1 is 1.19 bits per heavy atom. The van der Waals surface area contributed by atoms with Crippen molar-refractivity contribution in [1.82, 2.24) is 9.80 Å². The minimum atomic E-state index is -1.08. The Bertz CT molecular complexity index is 359. The molecule has 1 amide bonds. The van der Waals surface area contributed by atoms with E-state index >= 15 is 0 Å². The lowest BCUT2D eigenvalue weighted by Crippen LogP contribution is -2.50. The summed E-state index contributed by atoms with van der Waals surface area (Å²) in [6.07, 6.45) is -1.05. The van der Waals surface area contributed by atoms with Crippen LogP contribution in [0.2, 0.25) is 0 Å². The molecule has 1 N–H and O–H groups in total. The molecule has 0 aromatic carbocycles. The van der Waals surface area contributed by atoms with E-state index in [0.717, 1.165) is 0 Å². The minimum absolute atomic E-state index is 0.295. The Morgan fingerprint density at radius 3 is 2.24 bits per heavy atom. The molecule has 0 aromatic rings. The molecule has 1 heterocycles. The quantitative estimate of drug-likeness (QED) is 0.760. The minimum Gasteiger partial charge on any atom is -0.467 e. The Balaban J connectivity index is 2.29. The molecule has 1 saturated heterocycles. The number of hydrogen-bond acceptors (Lipinski definition) is 6. The molecule has 21 heavy (non-hydrogen) atoms. The van der Waals surface area contributed by atoms with Gasteiger partial charge in [0.1, 0.15) is 5.60 Å². The second-order valence-electron chi connectivity index (χ2n) is 6.14. The number of esters is 1. The molecular formula is C14H26N2O5. The Morgan fingerprint density at radius 2 is 1.76 bits per heavy atom. The summed E-state index contributed by atoms with van der Waals surface area (Å²) in [4.78, 5) is 26.8. The fourth-order valence-electron chi connectivity index (χ4n) is 2.04. The third-order valence-electron chi connectivity index (χ3n) is 3.22. The number of methoxy groups -OCH3 is 1. The van der Waals surface area contributed by atoms with Gasteiger partial charge in [-0.15, -0.1) is 0 Å². The van der Waals surface area contributed by atoms with E-state index in [0.29, 0.717) is 39.1 Å². The first-order chi connectivity index (χ1) is 9.73. The average Bonchev–Trinajstić information content (AvgIpc) is 2.42. The van der Waals surface area contributed by atoms with Crippen molar-refractivity contribution in [2.45, 2.75) is 38.9 Å². The highest BCUT2D eigenvalue weighted by molar-refractivity contribution is 5.74. The van der Waals surface area contributed by atoms with Crippen LogP contribution in [0.4, 0.5) is 4.79 Å². The van der Waals surface area contributed by atoms with Gasteiger partial charge in [-0.3, -0.25) is 4.90 Å². The van der Waals surface area contributed by atoms with E-state index in [1.54, 1.807) is 4.90 Å². The van der Waals surface area contributed by atoms with Gasteiger partial charge in [0.2, 0.25) is 0 Å². The third kappa shape index (κ3) is 6.31. The molecule has 0 spiro atoms. The van der Waals surface area contributed by atoms with Crippen molar-refractivity contribution in [1.29, 1.82) is 0 Å². The zero-order chi connectivity index (χ0) is 16.0. The normalized spacial score (nSPS) is 18.2. The summed E-state index contributed by atoms with van der Waals surface area (Å²) in [6, 6.07) is 0. The standard InChI is InChI=1S/C14H26N2O5/c1-14(2,3)21-13(19)16-9-7-15(8-10-16)6-5-11(17)12(18)20-4/h11,17H,5-10H2,1-4H3. The first-order valence-electron chi connectivity index (χ1n) is 7.19. The first-order valence-corrected chi connectivity index (χ1v) is 7.19. The fraction of sp³-hybridized carbons (Fsp3) is 0.857. The molecule has 0 saturated carbocycles. The number of carbonyl (C=O) groups is 2. The van der Waals surface area contributed by atoms with Crippen LogP contribution < -0.4 is 0 Å². The number of carbonyl (C=O) groups excluding carboxylic acids is 2. The van der Waals surface area contributed by atoms with E-state index in [1.807, 2.05) is 20.8 Å². The van der Waals surface area contributed by atoms with E-state index in [9.17, 15) is 14.7 Å². The maximum Gasteiger partial charge on any atom is 0.410 e. The van der Waals surface area contributed by atoms with Gasteiger partial charge in [0.05, 0.1) is 7.11 Å². The molecule has 1 aliphatic rings. The highest BCUT2D eigenvalue weighted by Crippen LogP contribution is 2.12. The van der Waals surface area contributed by atoms with Gasteiger partial charge in [-0.1, -0.05) is 0 Å². The van der Waals surface area contributed by atoms with Crippen LogP contribution in [0.25, 0.3) is 0 Å². The SMILES string of the molecule is COC(=O)C(O)CCN1CCN(C(=O)OC(C)(C)C)CC1. The smallest absolute Gasteiger partial charge is 0.410 e. The molecule has 122 valence electrons. The van der Waals surface area contributed by atoms with Crippen LogP contribution in [-0.4, -0.2) is 78.5 Å². The monoisotopic (exact) mass is 302 g/mol. The molecule has 7 nitrogen and oxygen atoms in total. The summed E-state index contributed by atoms with van der Waals surface area (Å²) in [5, 5.41) is 9.53. The van der Waals surface area contributed by atoms with Crippen LogP contribution in [0.3, 0.4) is 0 Å². The molecule has 0 aromatic heterocycles. The zero-order valence-corrected chi connectivity index (χ0v) is 13.3. The van der Waals surface area contributed by atoms with E-state index in [-0.39, 0.29) is 6.09 Å². The van der Waals surface area contributed by atoms with Crippen LogP contribution in [0.1, 0.15) is 27.2 Å². The van der Waals surface area contributed by atoms with Crippen LogP contribution in [-0.2, 0) is 14.3 Å². The van der Waals surface area contributed by atoms with Gasteiger partial charge in [-0.05, 0) is 27.2 Å². The number of hydrogen-bond donors (Lipinski definition) is 1. The van der Waals surface area contributed by atoms with E-state index in [2.05, 4.69) is 9.64 Å². The van der Waals surface area contributed by atoms with Gasteiger partial charge in [0, 0.05) is 32.7 Å². The van der Waals surface area contributed by atoms with Gasteiger partial charge < -0.3 is 19.5 Å². The maximum absolute atomic E-state index is 11.9. The van der Waals surface area contributed by atoms with Crippen molar-refractivity contribution in [2.24, 2.45) is 0 Å². The number of aliphatic hydroxyl groups is 1. The molecule has 1 rings (SSSR count). The highest BCUT2D eigenvalue weighted by atomic mass is 16.6. The fourth-order valence-corrected chi connectivity index (χ4v) is 2.04. The van der Waals surface area contributed by atoms with Crippen molar-refractivity contribution in [2.75, 3.05) is 39.8 Å². The second-order valence-corrected chi connectivity index (χ2v) is 6.14. The lowest BCUT2D eigenvalue weighted by atomic mass is 10.2. The maximum atomic E-state index is 11.9. The van der Waals surface area contributed by atoms with Gasteiger partial charge in [-0.25, -0.2) is 9.59 Å². The Hall–Kier alpha value is -1.34. The average molecular weight is 302 g/mol. The predicted octanol–water partition coefficient (Wildman–Crippen LogP) is 0.463. The number of amides is 1. The van der Waals surface area contributed by atoms with E-state index in [1.165, 1.54) is 7.11 Å². The van der Waals surface area contributed by atoms with Crippen molar-refractivity contribution < 1.29 is 24.2 Å². The Labute approximate surface area is 125 Å². The molecule has 0 aliphatic carbocycles. The van der Waals surface area contributed by atoms with Crippen molar-refractivity contribution in [3.8, 4) is 0 Å². The first kappa shape index (κ1) is 17.7. The Kier molecular flexibility index (Phi) is 6.42.